The van der Waals surface area contributed by atoms with Gasteiger partial charge < -0.3 is 0 Å². The number of carbonyl (C=O) groups excluding carboxylic acids is 1. The average molecular weight is 321 g/mol. The van der Waals surface area contributed by atoms with Crippen molar-refractivity contribution >= 4 is 52.7 Å². The van der Waals surface area contributed by atoms with Crippen molar-refractivity contribution in [2.75, 3.05) is 0 Å². The molecular weight excluding hydrogens is 316 g/mol. The monoisotopic (exact) mass is 319 g/mol. The lowest BCUT2D eigenvalue weighted by atomic mass is 10.1. The summed E-state index contributed by atoms with van der Waals surface area (Å²) in [6.07, 6.45) is 2.06. The van der Waals surface area contributed by atoms with Crippen LogP contribution in [0.3, 0.4) is 0 Å². The lowest BCUT2D eigenvalue weighted by Crippen LogP contribution is -1.89. The minimum absolute atomic E-state index is 0.284. The molecule has 6 heteroatoms. The van der Waals surface area contributed by atoms with Gasteiger partial charge in [-0.15, -0.1) is 0 Å². The molecule has 2 aromatic rings. The first-order chi connectivity index (χ1) is 8.52. The quantitative estimate of drug-likeness (QED) is 0.564. The fourth-order valence-corrected chi connectivity index (χ4v) is 2.15. The van der Waals surface area contributed by atoms with E-state index in [0.29, 0.717) is 38.2 Å². The number of halogens is 4. The molecule has 0 atom stereocenters. The smallest absolute Gasteiger partial charge is 0.151 e. The summed E-state index contributed by atoms with van der Waals surface area (Å²) in [6.45, 7) is 0. The summed E-state index contributed by atoms with van der Waals surface area (Å²) in [7, 11) is 0. The maximum atomic E-state index is 10.8. The lowest BCUT2D eigenvalue weighted by Gasteiger charge is -2.06. The van der Waals surface area contributed by atoms with Gasteiger partial charge >= 0.3 is 0 Å². The summed E-state index contributed by atoms with van der Waals surface area (Å²) in [5.41, 5.74) is 1.56. The fraction of sp³-hybridized carbons (Fsp3) is 0. The first-order valence-electron chi connectivity index (χ1n) is 4.78. The summed E-state index contributed by atoms with van der Waals surface area (Å²) in [6, 6.07) is 4.81. The third-order valence-electron chi connectivity index (χ3n) is 2.29. The molecule has 0 unspecified atom stereocenters. The van der Waals surface area contributed by atoms with E-state index in [1.807, 2.05) is 0 Å². The molecule has 92 valence electrons. The molecule has 1 aromatic heterocycles. The molecular formula is C12H5Cl4NO. The number of nitrogens with zero attached hydrogens (tertiary/aromatic N) is 1. The molecule has 0 bridgehead atoms. The minimum Gasteiger partial charge on any atom is -0.298 e. The third kappa shape index (κ3) is 2.62. The summed E-state index contributed by atoms with van der Waals surface area (Å²) in [4.78, 5) is 14.9. The number of aromatic nitrogens is 1. The Labute approximate surface area is 123 Å². The van der Waals surface area contributed by atoms with Crippen LogP contribution in [0.5, 0.6) is 0 Å². The van der Waals surface area contributed by atoms with Crippen LogP contribution in [-0.4, -0.2) is 11.3 Å². The van der Waals surface area contributed by atoms with Crippen molar-refractivity contribution < 1.29 is 4.79 Å². The van der Waals surface area contributed by atoms with E-state index in [2.05, 4.69) is 4.98 Å². The largest absolute Gasteiger partial charge is 0.298 e. The fourth-order valence-electron chi connectivity index (χ4n) is 1.41. The SMILES string of the molecule is O=Cc1cc(-c2cc(Cl)c(Cl)c(Cl)c2)ncc1Cl. The van der Waals surface area contributed by atoms with E-state index in [9.17, 15) is 4.79 Å². The maximum absolute atomic E-state index is 10.8. The average Bonchev–Trinajstić information content (AvgIpc) is 2.36. The van der Waals surface area contributed by atoms with Crippen LogP contribution in [0, 0.1) is 0 Å². The molecule has 0 saturated carbocycles. The van der Waals surface area contributed by atoms with Crippen molar-refractivity contribution in [3.8, 4) is 11.3 Å². The zero-order valence-electron chi connectivity index (χ0n) is 8.75. The zero-order valence-corrected chi connectivity index (χ0v) is 11.8. The van der Waals surface area contributed by atoms with Crippen molar-refractivity contribution in [2.45, 2.75) is 0 Å². The van der Waals surface area contributed by atoms with Gasteiger partial charge in [-0.25, -0.2) is 0 Å². The van der Waals surface area contributed by atoms with E-state index in [1.165, 1.54) is 6.20 Å². The van der Waals surface area contributed by atoms with Gasteiger partial charge in [0, 0.05) is 17.3 Å². The van der Waals surface area contributed by atoms with Crippen LogP contribution < -0.4 is 0 Å². The topological polar surface area (TPSA) is 30.0 Å². The Kier molecular flexibility index (Phi) is 4.13. The van der Waals surface area contributed by atoms with E-state index in [0.717, 1.165) is 0 Å². The molecule has 0 fully saturated rings. The number of aldehydes is 1. The molecule has 2 rings (SSSR count). The van der Waals surface area contributed by atoms with Gasteiger partial charge in [0.25, 0.3) is 0 Å². The van der Waals surface area contributed by atoms with Crippen LogP contribution in [-0.2, 0) is 0 Å². The zero-order chi connectivity index (χ0) is 13.3. The number of benzene rings is 1. The van der Waals surface area contributed by atoms with Crippen molar-refractivity contribution in [1.82, 2.24) is 4.98 Å². The maximum Gasteiger partial charge on any atom is 0.151 e. The molecule has 0 aliphatic rings. The van der Waals surface area contributed by atoms with Crippen LogP contribution in [0.4, 0.5) is 0 Å². The standard InChI is InChI=1S/C12H5Cl4NO/c13-8-1-6(2-9(14)12(8)16)11-3-7(5-18)10(15)4-17-11/h1-5H. The Morgan fingerprint density at radius 1 is 0.944 bits per heavy atom. The normalized spacial score (nSPS) is 10.4. The molecule has 1 aromatic carbocycles. The molecule has 18 heavy (non-hydrogen) atoms. The number of carbonyl (C=O) groups is 1. The van der Waals surface area contributed by atoms with Gasteiger partial charge in [0.2, 0.25) is 0 Å². The first kappa shape index (κ1) is 13.6. The van der Waals surface area contributed by atoms with Crippen LogP contribution in [0.1, 0.15) is 10.4 Å². The van der Waals surface area contributed by atoms with Crippen LogP contribution >= 0.6 is 46.4 Å². The van der Waals surface area contributed by atoms with Crippen molar-refractivity contribution in [3.63, 3.8) is 0 Å². The summed E-state index contributed by atoms with van der Waals surface area (Å²) in [5.74, 6) is 0. The van der Waals surface area contributed by atoms with Gasteiger partial charge in [-0.1, -0.05) is 46.4 Å². The first-order valence-corrected chi connectivity index (χ1v) is 6.29. The second-order valence-electron chi connectivity index (χ2n) is 3.46. The van der Waals surface area contributed by atoms with Crippen LogP contribution in [0.2, 0.25) is 20.1 Å². The van der Waals surface area contributed by atoms with Gasteiger partial charge in [0.05, 0.1) is 25.8 Å². The highest BCUT2D eigenvalue weighted by molar-refractivity contribution is 6.48. The molecule has 0 spiro atoms. The van der Waals surface area contributed by atoms with Gasteiger partial charge in [-0.2, -0.15) is 0 Å². The molecule has 0 N–H and O–H groups in total. The summed E-state index contributed by atoms with van der Waals surface area (Å²) < 4.78 is 0. The molecule has 0 radical (unpaired) electrons. The highest BCUT2D eigenvalue weighted by Gasteiger charge is 2.10. The third-order valence-corrected chi connectivity index (χ3v) is 3.80. The van der Waals surface area contributed by atoms with E-state index in [1.54, 1.807) is 18.2 Å². The Morgan fingerprint density at radius 3 is 2.11 bits per heavy atom. The second kappa shape index (κ2) is 5.45. The van der Waals surface area contributed by atoms with Gasteiger partial charge in [-0.3, -0.25) is 9.78 Å². The van der Waals surface area contributed by atoms with Gasteiger partial charge in [0.1, 0.15) is 0 Å². The predicted octanol–water partition coefficient (Wildman–Crippen LogP) is 5.17. The Morgan fingerprint density at radius 2 is 1.56 bits per heavy atom. The van der Waals surface area contributed by atoms with Crippen LogP contribution in [0.25, 0.3) is 11.3 Å². The number of pyridine rings is 1. The summed E-state index contributed by atoms with van der Waals surface area (Å²) in [5, 5.41) is 1.22. The molecule has 0 amide bonds. The molecule has 0 saturated heterocycles. The highest BCUT2D eigenvalue weighted by Crippen LogP contribution is 2.34. The molecule has 2 nitrogen and oxygen atoms in total. The Bertz CT molecular complexity index is 604. The lowest BCUT2D eigenvalue weighted by molar-refractivity contribution is 0.112. The highest BCUT2D eigenvalue weighted by atomic mass is 35.5. The number of rotatable bonds is 2. The van der Waals surface area contributed by atoms with Crippen molar-refractivity contribution in [1.29, 1.82) is 0 Å². The second-order valence-corrected chi connectivity index (χ2v) is 5.06. The van der Waals surface area contributed by atoms with E-state index in [4.69, 9.17) is 46.4 Å². The molecule has 1 heterocycles. The predicted molar refractivity (Wildman–Crippen MR) is 75.1 cm³/mol. The van der Waals surface area contributed by atoms with Crippen molar-refractivity contribution in [2.24, 2.45) is 0 Å². The van der Waals surface area contributed by atoms with E-state index >= 15 is 0 Å². The van der Waals surface area contributed by atoms with Gasteiger partial charge in [0.15, 0.2) is 6.29 Å². The van der Waals surface area contributed by atoms with Crippen LogP contribution in [0.15, 0.2) is 24.4 Å². The van der Waals surface area contributed by atoms with Crippen molar-refractivity contribution in [3.05, 3.63) is 50.0 Å². The molecule has 0 aliphatic carbocycles. The van der Waals surface area contributed by atoms with Gasteiger partial charge in [-0.05, 0) is 18.2 Å². The minimum atomic E-state index is 0.284. The summed E-state index contributed by atoms with van der Waals surface area (Å²) >= 11 is 23.5. The van der Waals surface area contributed by atoms with E-state index < -0.39 is 0 Å². The Hall–Kier alpha value is -0.800. The van der Waals surface area contributed by atoms with E-state index in [-0.39, 0.29) is 5.02 Å². The number of hydrogen-bond acceptors (Lipinski definition) is 2. The molecule has 0 aliphatic heterocycles. The number of hydrogen-bond donors (Lipinski definition) is 0. The Balaban J connectivity index is 2.58.